The SMILES string of the molecule is CCCn1c(CO)nnc1-c1ccc(C)c([N+](=O)[O-])c1. The summed E-state index contributed by atoms with van der Waals surface area (Å²) in [6, 6.07) is 4.96. The molecule has 0 aliphatic heterocycles. The predicted octanol–water partition coefficient (Wildman–Crippen LogP) is 2.06. The predicted molar refractivity (Wildman–Crippen MR) is 73.1 cm³/mol. The van der Waals surface area contributed by atoms with Gasteiger partial charge in [0.1, 0.15) is 6.61 Å². The van der Waals surface area contributed by atoms with Crippen LogP contribution in [0.5, 0.6) is 0 Å². The maximum absolute atomic E-state index is 11.0. The minimum absolute atomic E-state index is 0.0547. The van der Waals surface area contributed by atoms with Crippen molar-refractivity contribution in [1.29, 1.82) is 0 Å². The van der Waals surface area contributed by atoms with Crippen molar-refractivity contribution in [1.82, 2.24) is 14.8 Å². The van der Waals surface area contributed by atoms with Crippen LogP contribution in [-0.4, -0.2) is 24.8 Å². The summed E-state index contributed by atoms with van der Waals surface area (Å²) < 4.78 is 1.79. The summed E-state index contributed by atoms with van der Waals surface area (Å²) >= 11 is 0. The first-order valence-electron chi connectivity index (χ1n) is 6.36. The number of hydrogen-bond donors (Lipinski definition) is 1. The largest absolute Gasteiger partial charge is 0.388 e. The third-order valence-electron chi connectivity index (χ3n) is 3.08. The van der Waals surface area contributed by atoms with Crippen molar-refractivity contribution in [2.24, 2.45) is 0 Å². The number of aromatic nitrogens is 3. The van der Waals surface area contributed by atoms with Gasteiger partial charge in [0.25, 0.3) is 5.69 Å². The van der Waals surface area contributed by atoms with Crippen molar-refractivity contribution in [3.63, 3.8) is 0 Å². The summed E-state index contributed by atoms with van der Waals surface area (Å²) in [4.78, 5) is 10.6. The lowest BCUT2D eigenvalue weighted by Crippen LogP contribution is -2.05. The lowest BCUT2D eigenvalue weighted by atomic mass is 10.1. The van der Waals surface area contributed by atoms with Gasteiger partial charge in [-0.1, -0.05) is 19.1 Å². The first kappa shape index (κ1) is 14.1. The molecule has 0 aliphatic rings. The highest BCUT2D eigenvalue weighted by Crippen LogP contribution is 2.26. The molecule has 0 atom stereocenters. The Kier molecular flexibility index (Phi) is 4.09. The Morgan fingerprint density at radius 2 is 2.15 bits per heavy atom. The Morgan fingerprint density at radius 1 is 1.40 bits per heavy atom. The van der Waals surface area contributed by atoms with Crippen molar-refractivity contribution in [2.75, 3.05) is 0 Å². The summed E-state index contributed by atoms with van der Waals surface area (Å²) in [5.41, 5.74) is 1.28. The van der Waals surface area contributed by atoms with Gasteiger partial charge in [-0.05, 0) is 13.3 Å². The Bertz CT molecular complexity index is 637. The van der Waals surface area contributed by atoms with E-state index in [1.807, 2.05) is 6.92 Å². The highest BCUT2D eigenvalue weighted by Gasteiger charge is 2.17. The molecular formula is C13H16N4O3. The quantitative estimate of drug-likeness (QED) is 0.666. The van der Waals surface area contributed by atoms with E-state index in [1.54, 1.807) is 23.6 Å². The molecule has 2 rings (SSSR count). The zero-order valence-electron chi connectivity index (χ0n) is 11.4. The Hall–Kier alpha value is -2.28. The fraction of sp³-hybridized carbons (Fsp3) is 0.385. The van der Waals surface area contributed by atoms with Crippen LogP contribution in [0.15, 0.2) is 18.2 Å². The summed E-state index contributed by atoms with van der Waals surface area (Å²) in [6.07, 6.45) is 0.853. The van der Waals surface area contributed by atoms with Gasteiger partial charge in [0.2, 0.25) is 0 Å². The smallest absolute Gasteiger partial charge is 0.273 e. The average molecular weight is 276 g/mol. The monoisotopic (exact) mass is 276 g/mol. The molecule has 0 radical (unpaired) electrons. The molecule has 0 unspecified atom stereocenters. The zero-order valence-corrected chi connectivity index (χ0v) is 11.4. The molecule has 1 aromatic carbocycles. The third kappa shape index (κ3) is 2.53. The van der Waals surface area contributed by atoms with E-state index in [9.17, 15) is 15.2 Å². The maximum atomic E-state index is 11.0. The maximum Gasteiger partial charge on any atom is 0.273 e. The molecule has 7 nitrogen and oxygen atoms in total. The van der Waals surface area contributed by atoms with E-state index >= 15 is 0 Å². The van der Waals surface area contributed by atoms with Crippen LogP contribution in [0.3, 0.4) is 0 Å². The lowest BCUT2D eigenvalue weighted by Gasteiger charge is -2.08. The summed E-state index contributed by atoms with van der Waals surface area (Å²) in [7, 11) is 0. The minimum atomic E-state index is -0.410. The van der Waals surface area contributed by atoms with Crippen LogP contribution in [0.2, 0.25) is 0 Å². The van der Waals surface area contributed by atoms with Crippen molar-refractivity contribution in [3.8, 4) is 11.4 Å². The van der Waals surface area contributed by atoms with Gasteiger partial charge in [0, 0.05) is 23.7 Å². The molecule has 7 heteroatoms. The van der Waals surface area contributed by atoms with E-state index < -0.39 is 4.92 Å². The van der Waals surface area contributed by atoms with Crippen molar-refractivity contribution >= 4 is 5.69 Å². The van der Waals surface area contributed by atoms with Crippen molar-refractivity contribution < 1.29 is 10.0 Å². The van der Waals surface area contributed by atoms with Gasteiger partial charge in [0.05, 0.1) is 4.92 Å². The number of benzene rings is 1. The first-order valence-corrected chi connectivity index (χ1v) is 6.36. The van der Waals surface area contributed by atoms with Crippen LogP contribution in [0.25, 0.3) is 11.4 Å². The number of nitro groups is 1. The molecule has 0 saturated carbocycles. The Morgan fingerprint density at radius 3 is 2.75 bits per heavy atom. The third-order valence-corrected chi connectivity index (χ3v) is 3.08. The Labute approximate surface area is 116 Å². The summed E-state index contributed by atoms with van der Waals surface area (Å²) in [5.74, 6) is 1.00. The van der Waals surface area contributed by atoms with Crippen LogP contribution in [0.4, 0.5) is 5.69 Å². The number of hydrogen-bond acceptors (Lipinski definition) is 5. The molecule has 0 amide bonds. The molecule has 0 bridgehead atoms. The van der Waals surface area contributed by atoms with E-state index in [1.165, 1.54) is 6.07 Å². The van der Waals surface area contributed by atoms with E-state index in [0.717, 1.165) is 6.42 Å². The van der Waals surface area contributed by atoms with Gasteiger partial charge in [0.15, 0.2) is 11.6 Å². The fourth-order valence-corrected chi connectivity index (χ4v) is 2.07. The highest BCUT2D eigenvalue weighted by molar-refractivity contribution is 5.61. The number of rotatable bonds is 5. The number of nitrogens with zero attached hydrogens (tertiary/aromatic N) is 4. The van der Waals surface area contributed by atoms with Gasteiger partial charge in [-0.15, -0.1) is 10.2 Å². The summed E-state index contributed by atoms with van der Waals surface area (Å²) in [6.45, 7) is 4.14. The molecule has 0 aliphatic carbocycles. The summed E-state index contributed by atoms with van der Waals surface area (Å²) in [5, 5.41) is 28.2. The number of aliphatic hydroxyl groups is 1. The lowest BCUT2D eigenvalue weighted by molar-refractivity contribution is -0.385. The number of nitro benzene ring substituents is 1. The first-order chi connectivity index (χ1) is 9.58. The normalized spacial score (nSPS) is 10.8. The molecule has 1 heterocycles. The van der Waals surface area contributed by atoms with Crippen LogP contribution < -0.4 is 0 Å². The fourth-order valence-electron chi connectivity index (χ4n) is 2.07. The van der Waals surface area contributed by atoms with E-state index in [4.69, 9.17) is 0 Å². The number of aryl methyl sites for hydroxylation is 1. The van der Waals surface area contributed by atoms with Gasteiger partial charge in [-0.25, -0.2) is 0 Å². The molecule has 2 aromatic rings. The molecule has 1 aromatic heterocycles. The van der Waals surface area contributed by atoms with Gasteiger partial charge < -0.3 is 9.67 Å². The van der Waals surface area contributed by atoms with Crippen LogP contribution in [-0.2, 0) is 13.2 Å². The minimum Gasteiger partial charge on any atom is -0.388 e. The van der Waals surface area contributed by atoms with Crippen LogP contribution in [0.1, 0.15) is 24.7 Å². The molecular weight excluding hydrogens is 260 g/mol. The highest BCUT2D eigenvalue weighted by atomic mass is 16.6. The van der Waals surface area contributed by atoms with Crippen LogP contribution >= 0.6 is 0 Å². The molecule has 0 spiro atoms. The number of aliphatic hydroxyl groups excluding tert-OH is 1. The molecule has 0 saturated heterocycles. The van der Waals surface area contributed by atoms with Gasteiger partial charge in [-0.3, -0.25) is 10.1 Å². The van der Waals surface area contributed by atoms with E-state index in [-0.39, 0.29) is 12.3 Å². The molecule has 106 valence electrons. The van der Waals surface area contributed by atoms with Crippen LogP contribution in [0, 0.1) is 17.0 Å². The molecule has 0 fully saturated rings. The van der Waals surface area contributed by atoms with Crippen molar-refractivity contribution in [3.05, 3.63) is 39.7 Å². The van der Waals surface area contributed by atoms with Crippen molar-refractivity contribution in [2.45, 2.75) is 33.4 Å². The molecule has 1 N–H and O–H groups in total. The second-order valence-corrected chi connectivity index (χ2v) is 4.51. The topological polar surface area (TPSA) is 94.1 Å². The van der Waals surface area contributed by atoms with E-state index in [2.05, 4.69) is 10.2 Å². The zero-order chi connectivity index (χ0) is 14.7. The Balaban J connectivity index is 2.54. The average Bonchev–Trinajstić information content (AvgIpc) is 2.82. The second-order valence-electron chi connectivity index (χ2n) is 4.51. The standard InChI is InChI=1S/C13H16N4O3/c1-3-6-16-12(8-18)14-15-13(16)10-5-4-9(2)11(7-10)17(19)20/h4-5,7,18H,3,6,8H2,1-2H3. The van der Waals surface area contributed by atoms with Gasteiger partial charge in [-0.2, -0.15) is 0 Å². The van der Waals surface area contributed by atoms with Gasteiger partial charge >= 0.3 is 0 Å². The second kappa shape index (κ2) is 5.79. The molecule has 20 heavy (non-hydrogen) atoms. The van der Waals surface area contributed by atoms with E-state index in [0.29, 0.717) is 29.3 Å².